The summed E-state index contributed by atoms with van der Waals surface area (Å²) in [6, 6.07) is 15.8. The lowest BCUT2D eigenvalue weighted by Gasteiger charge is -2.34. The fourth-order valence-electron chi connectivity index (χ4n) is 3.77. The van der Waals surface area contributed by atoms with Crippen LogP contribution < -0.4 is 5.32 Å². The Hall–Kier alpha value is -2.64. The first kappa shape index (κ1) is 21.1. The van der Waals surface area contributed by atoms with Crippen LogP contribution in [0.3, 0.4) is 0 Å². The number of rotatable bonds is 3. The van der Waals surface area contributed by atoms with Gasteiger partial charge < -0.3 is 15.5 Å². The highest BCUT2D eigenvalue weighted by Gasteiger charge is 2.45. The lowest BCUT2D eigenvalue weighted by molar-refractivity contribution is -0.134. The van der Waals surface area contributed by atoms with Crippen LogP contribution in [0.2, 0.25) is 0 Å². The van der Waals surface area contributed by atoms with E-state index in [1.807, 2.05) is 23.9 Å². The molecule has 1 atom stereocenters. The Bertz CT molecular complexity index is 909. The summed E-state index contributed by atoms with van der Waals surface area (Å²) in [7, 11) is 0. The first-order chi connectivity index (χ1) is 13.9. The minimum Gasteiger partial charge on any atom is -0.478 e. The molecule has 1 fully saturated rings. The van der Waals surface area contributed by atoms with E-state index in [9.17, 15) is 14.0 Å². The van der Waals surface area contributed by atoms with Crippen LogP contribution in [0.1, 0.15) is 34.8 Å². The van der Waals surface area contributed by atoms with E-state index in [0.29, 0.717) is 12.2 Å². The molecule has 7 heteroatoms. The smallest absolute Gasteiger partial charge is 0.328 e. The van der Waals surface area contributed by atoms with Gasteiger partial charge in [0.15, 0.2) is 0 Å². The van der Waals surface area contributed by atoms with E-state index in [0.717, 1.165) is 31.5 Å². The summed E-state index contributed by atoms with van der Waals surface area (Å²) in [4.78, 5) is 19.1. The third-order valence-electron chi connectivity index (χ3n) is 5.04. The second-order valence-corrected chi connectivity index (χ2v) is 8.35. The van der Waals surface area contributed by atoms with Crippen molar-refractivity contribution in [1.82, 2.24) is 5.32 Å². The monoisotopic (exact) mass is 415 g/mol. The van der Waals surface area contributed by atoms with Gasteiger partial charge in [0.2, 0.25) is 0 Å². The number of carboxylic acids is 2. The topological polar surface area (TPSA) is 86.6 Å². The van der Waals surface area contributed by atoms with E-state index in [2.05, 4.69) is 29.6 Å². The van der Waals surface area contributed by atoms with Crippen molar-refractivity contribution in [3.8, 4) is 0 Å². The zero-order valence-electron chi connectivity index (χ0n) is 15.7. The number of carboxylic acid groups (broad SMARTS) is 2. The molecule has 1 saturated heterocycles. The molecule has 2 heterocycles. The lowest BCUT2D eigenvalue weighted by atomic mass is 9.85. The Morgan fingerprint density at radius 1 is 0.966 bits per heavy atom. The zero-order chi connectivity index (χ0) is 20.9. The fourth-order valence-corrected chi connectivity index (χ4v) is 5.63. The average Bonchev–Trinajstić information content (AvgIpc) is 3.02. The maximum atomic E-state index is 14.3. The number of fused-ring (bicyclic) bond motifs is 2. The zero-order valence-corrected chi connectivity index (χ0v) is 16.5. The summed E-state index contributed by atoms with van der Waals surface area (Å²) < 4.78 is 14.4. The number of piperidine rings is 1. The first-order valence-electron chi connectivity index (χ1n) is 9.29. The molecule has 0 aliphatic carbocycles. The fraction of sp³-hybridized carbons (Fsp3) is 0.273. The molecular formula is C22H22FNO4S. The van der Waals surface area contributed by atoms with Gasteiger partial charge in [-0.1, -0.05) is 42.5 Å². The molecule has 1 spiro atoms. The van der Waals surface area contributed by atoms with E-state index in [1.54, 1.807) is 12.1 Å². The predicted octanol–water partition coefficient (Wildman–Crippen LogP) is 3.95. The van der Waals surface area contributed by atoms with Gasteiger partial charge in [0.1, 0.15) is 5.82 Å². The molecule has 2 aromatic carbocycles. The van der Waals surface area contributed by atoms with Gasteiger partial charge in [-0.05, 0) is 43.1 Å². The summed E-state index contributed by atoms with van der Waals surface area (Å²) in [6.07, 6.45) is 3.37. The van der Waals surface area contributed by atoms with E-state index in [-0.39, 0.29) is 15.8 Å². The van der Waals surface area contributed by atoms with Gasteiger partial charge in [-0.15, -0.1) is 11.8 Å². The van der Waals surface area contributed by atoms with E-state index >= 15 is 0 Å². The van der Waals surface area contributed by atoms with Crippen molar-refractivity contribution in [1.29, 1.82) is 0 Å². The lowest BCUT2D eigenvalue weighted by Crippen LogP contribution is -2.36. The number of hydrogen-bond acceptors (Lipinski definition) is 4. The minimum atomic E-state index is -1.26. The highest BCUT2D eigenvalue weighted by Crippen LogP contribution is 2.60. The number of nitrogens with one attached hydrogen (secondary N) is 1. The number of halogens is 1. The first-order valence-corrected chi connectivity index (χ1v) is 10.2. The van der Waals surface area contributed by atoms with Gasteiger partial charge in [0, 0.05) is 22.5 Å². The van der Waals surface area contributed by atoms with Crippen molar-refractivity contribution in [2.45, 2.75) is 22.8 Å². The van der Waals surface area contributed by atoms with Gasteiger partial charge in [0.25, 0.3) is 0 Å². The molecule has 0 bridgehead atoms. The van der Waals surface area contributed by atoms with Gasteiger partial charge in [0.05, 0.1) is 5.25 Å². The number of aliphatic carboxylic acids is 2. The molecule has 0 aromatic heterocycles. The van der Waals surface area contributed by atoms with Gasteiger partial charge in [-0.2, -0.15) is 0 Å². The second-order valence-electron chi connectivity index (χ2n) is 6.86. The Balaban J connectivity index is 0.000000258. The van der Waals surface area contributed by atoms with Crippen LogP contribution >= 0.6 is 11.8 Å². The summed E-state index contributed by atoms with van der Waals surface area (Å²) in [5.74, 6) is -2.60. The second kappa shape index (κ2) is 9.24. The maximum Gasteiger partial charge on any atom is 0.328 e. The molecule has 2 aliphatic rings. The van der Waals surface area contributed by atoms with E-state index in [1.165, 1.54) is 11.1 Å². The van der Waals surface area contributed by atoms with Gasteiger partial charge in [-0.25, -0.2) is 14.0 Å². The van der Waals surface area contributed by atoms with Crippen LogP contribution in [0.4, 0.5) is 4.39 Å². The quantitative estimate of drug-likeness (QED) is 0.658. The summed E-state index contributed by atoms with van der Waals surface area (Å²) in [6.45, 7) is 2.09. The predicted molar refractivity (Wildman–Crippen MR) is 110 cm³/mol. The van der Waals surface area contributed by atoms with Crippen molar-refractivity contribution in [2.75, 3.05) is 13.1 Å². The summed E-state index contributed by atoms with van der Waals surface area (Å²) in [5, 5.41) is 19.2. The normalized spacial score (nSPS) is 19.4. The van der Waals surface area contributed by atoms with Crippen LogP contribution in [0, 0.1) is 5.82 Å². The Labute approximate surface area is 172 Å². The van der Waals surface area contributed by atoms with Crippen molar-refractivity contribution >= 4 is 23.7 Å². The van der Waals surface area contributed by atoms with Crippen LogP contribution in [0.25, 0.3) is 0 Å². The largest absolute Gasteiger partial charge is 0.478 e. The maximum absolute atomic E-state index is 14.3. The van der Waals surface area contributed by atoms with Gasteiger partial charge in [-0.3, -0.25) is 0 Å². The number of benzene rings is 2. The third-order valence-corrected chi connectivity index (χ3v) is 6.87. The highest BCUT2D eigenvalue weighted by molar-refractivity contribution is 8.01. The molecule has 0 amide bonds. The number of thioether (sulfide) groups is 1. The number of carbonyl (C=O) groups is 2. The molecule has 29 heavy (non-hydrogen) atoms. The molecule has 2 aromatic rings. The third kappa shape index (κ3) is 4.86. The van der Waals surface area contributed by atoms with Crippen molar-refractivity contribution < 1.29 is 24.2 Å². The molecule has 5 nitrogen and oxygen atoms in total. The van der Waals surface area contributed by atoms with Crippen LogP contribution in [-0.2, 0) is 14.3 Å². The summed E-state index contributed by atoms with van der Waals surface area (Å²) in [5.41, 5.74) is 3.55. The highest BCUT2D eigenvalue weighted by atomic mass is 32.2. The van der Waals surface area contributed by atoms with Crippen molar-refractivity contribution in [3.05, 3.63) is 83.2 Å². The van der Waals surface area contributed by atoms with Gasteiger partial charge >= 0.3 is 11.9 Å². The summed E-state index contributed by atoms with van der Waals surface area (Å²) >= 11 is 1.95. The van der Waals surface area contributed by atoms with E-state index < -0.39 is 11.9 Å². The van der Waals surface area contributed by atoms with E-state index in [4.69, 9.17) is 10.2 Å². The Morgan fingerprint density at radius 3 is 2.10 bits per heavy atom. The number of hydrogen-bond donors (Lipinski definition) is 3. The Morgan fingerprint density at radius 2 is 1.52 bits per heavy atom. The molecule has 4 rings (SSSR count). The Kier molecular flexibility index (Phi) is 6.71. The van der Waals surface area contributed by atoms with Crippen LogP contribution in [-0.4, -0.2) is 35.2 Å². The average molecular weight is 415 g/mol. The van der Waals surface area contributed by atoms with Crippen molar-refractivity contribution in [3.63, 3.8) is 0 Å². The molecule has 152 valence electrons. The molecule has 0 saturated carbocycles. The SMILES string of the molecule is Fc1ccccc1C1SC2(CCNCC2)c2ccccc21.O=C(O)C=CC(=O)O. The molecular weight excluding hydrogens is 393 g/mol. The minimum absolute atomic E-state index is 0.0872. The molecule has 2 aliphatic heterocycles. The van der Waals surface area contributed by atoms with Crippen LogP contribution in [0.15, 0.2) is 60.7 Å². The standard InChI is InChI=1S/C18H18FNS.C4H4O4/c19-16-8-4-2-6-14(16)17-13-5-1-3-7-15(13)18(21-17)9-11-20-12-10-18;5-3(6)1-2-4(7)8/h1-8,17,20H,9-12H2;1-2H,(H,5,6)(H,7,8). The molecule has 3 N–H and O–H groups in total. The van der Waals surface area contributed by atoms with Crippen molar-refractivity contribution in [2.24, 2.45) is 0 Å². The van der Waals surface area contributed by atoms with Crippen LogP contribution in [0.5, 0.6) is 0 Å². The molecule has 1 unspecified atom stereocenters. The molecule has 0 radical (unpaired) electrons.